The molecule has 0 saturated carbocycles. The minimum atomic E-state index is -0.507. The van der Waals surface area contributed by atoms with E-state index in [1.807, 2.05) is 0 Å². The highest BCUT2D eigenvalue weighted by atomic mass is 35.5. The van der Waals surface area contributed by atoms with Gasteiger partial charge in [0.05, 0.1) is 17.8 Å². The first-order chi connectivity index (χ1) is 14.0. The number of carbonyl (C=O) groups is 2. The second-order valence-corrected chi connectivity index (χ2v) is 7.51. The van der Waals surface area contributed by atoms with Crippen molar-refractivity contribution in [2.45, 2.75) is 0 Å². The number of benzene rings is 2. The number of thiophene rings is 1. The van der Waals surface area contributed by atoms with Crippen LogP contribution in [0.2, 0.25) is 5.02 Å². The minimum Gasteiger partial charge on any atom is -0.465 e. The lowest BCUT2D eigenvalue weighted by molar-refractivity contribution is 0.0606. The molecule has 9 heteroatoms. The van der Waals surface area contributed by atoms with Gasteiger partial charge in [0.2, 0.25) is 0 Å². The number of rotatable bonds is 4. The number of amides is 1. The smallest absolute Gasteiger partial charge is 0.349 e. The third kappa shape index (κ3) is 3.72. The molecule has 29 heavy (non-hydrogen) atoms. The van der Waals surface area contributed by atoms with Gasteiger partial charge in [-0.25, -0.2) is 9.18 Å². The Morgan fingerprint density at radius 1 is 1.17 bits per heavy atom. The Balaban J connectivity index is 1.56. The first kappa shape index (κ1) is 19.1. The van der Waals surface area contributed by atoms with Crippen LogP contribution in [0.3, 0.4) is 0 Å². The number of carbonyl (C=O) groups excluding carboxylic acids is 2. The molecule has 2 aromatic carbocycles. The molecule has 0 atom stereocenters. The quantitative estimate of drug-likeness (QED) is 0.441. The fourth-order valence-electron chi connectivity index (χ4n) is 2.77. The lowest BCUT2D eigenvalue weighted by atomic mass is 10.1. The summed E-state index contributed by atoms with van der Waals surface area (Å²) in [6.45, 7) is 0. The van der Waals surface area contributed by atoms with Crippen molar-refractivity contribution >= 4 is 50.6 Å². The summed E-state index contributed by atoms with van der Waals surface area (Å²) in [5, 5.41) is 10.6. The van der Waals surface area contributed by atoms with E-state index in [1.54, 1.807) is 36.4 Å². The Labute approximate surface area is 173 Å². The van der Waals surface area contributed by atoms with Crippen LogP contribution in [-0.2, 0) is 4.74 Å². The minimum absolute atomic E-state index is 0.254. The van der Waals surface area contributed by atoms with E-state index in [0.29, 0.717) is 32.2 Å². The molecule has 0 aliphatic carbocycles. The highest BCUT2D eigenvalue weighted by molar-refractivity contribution is 7.21. The SMILES string of the molecule is COC(=O)c1sc2cc(NC(=O)c3cc(-c4ccc(F)cc4)n[nH]3)ccc2c1Cl. The lowest BCUT2D eigenvalue weighted by Gasteiger charge is -2.03. The molecule has 0 spiro atoms. The molecular weight excluding hydrogens is 417 g/mol. The summed E-state index contributed by atoms with van der Waals surface area (Å²) in [7, 11) is 1.29. The summed E-state index contributed by atoms with van der Waals surface area (Å²) in [6.07, 6.45) is 0. The van der Waals surface area contributed by atoms with Gasteiger partial charge in [-0.15, -0.1) is 11.3 Å². The first-order valence-electron chi connectivity index (χ1n) is 8.39. The summed E-state index contributed by atoms with van der Waals surface area (Å²) in [5.74, 6) is -1.24. The Kier molecular flexibility index (Phi) is 5.04. The number of hydrogen-bond donors (Lipinski definition) is 2. The van der Waals surface area contributed by atoms with Crippen molar-refractivity contribution in [2.75, 3.05) is 12.4 Å². The number of halogens is 2. The maximum Gasteiger partial charge on any atom is 0.349 e. The van der Waals surface area contributed by atoms with Crippen molar-refractivity contribution in [1.82, 2.24) is 10.2 Å². The van der Waals surface area contributed by atoms with Crippen LogP contribution in [0.25, 0.3) is 21.3 Å². The third-order valence-electron chi connectivity index (χ3n) is 4.22. The molecule has 0 radical (unpaired) electrons. The number of nitrogens with one attached hydrogen (secondary N) is 2. The number of fused-ring (bicyclic) bond motifs is 1. The second kappa shape index (κ2) is 7.65. The molecule has 0 aliphatic rings. The highest BCUT2D eigenvalue weighted by Gasteiger charge is 2.18. The van der Waals surface area contributed by atoms with Crippen LogP contribution in [0.1, 0.15) is 20.2 Å². The van der Waals surface area contributed by atoms with Crippen LogP contribution in [0, 0.1) is 5.82 Å². The van der Waals surface area contributed by atoms with Crippen LogP contribution >= 0.6 is 22.9 Å². The van der Waals surface area contributed by atoms with Crippen molar-refractivity contribution in [3.63, 3.8) is 0 Å². The van der Waals surface area contributed by atoms with E-state index in [4.69, 9.17) is 16.3 Å². The maximum absolute atomic E-state index is 13.1. The van der Waals surface area contributed by atoms with Crippen molar-refractivity contribution in [3.8, 4) is 11.3 Å². The van der Waals surface area contributed by atoms with Crippen LogP contribution in [0.5, 0.6) is 0 Å². The Hall–Kier alpha value is -3.23. The molecule has 1 amide bonds. The van der Waals surface area contributed by atoms with E-state index >= 15 is 0 Å². The van der Waals surface area contributed by atoms with Gasteiger partial charge in [-0.1, -0.05) is 11.6 Å². The summed E-state index contributed by atoms with van der Waals surface area (Å²) in [4.78, 5) is 24.6. The third-order valence-corrected chi connectivity index (χ3v) is 5.86. The highest BCUT2D eigenvalue weighted by Crippen LogP contribution is 2.37. The van der Waals surface area contributed by atoms with E-state index in [-0.39, 0.29) is 17.4 Å². The average molecular weight is 430 g/mol. The molecule has 0 aliphatic heterocycles. The predicted molar refractivity (Wildman–Crippen MR) is 110 cm³/mol. The number of hydrogen-bond acceptors (Lipinski definition) is 5. The first-order valence-corrected chi connectivity index (χ1v) is 9.59. The van der Waals surface area contributed by atoms with E-state index in [0.717, 1.165) is 4.70 Å². The van der Waals surface area contributed by atoms with Gasteiger partial charge in [0, 0.05) is 21.3 Å². The van der Waals surface area contributed by atoms with Crippen molar-refractivity contribution in [1.29, 1.82) is 0 Å². The van der Waals surface area contributed by atoms with Crippen molar-refractivity contribution < 1.29 is 18.7 Å². The fourth-order valence-corrected chi connectivity index (χ4v) is 4.24. The van der Waals surface area contributed by atoms with Gasteiger partial charge < -0.3 is 10.1 Å². The lowest BCUT2D eigenvalue weighted by Crippen LogP contribution is -2.12. The maximum atomic E-state index is 13.1. The van der Waals surface area contributed by atoms with Gasteiger partial charge >= 0.3 is 5.97 Å². The summed E-state index contributed by atoms with van der Waals surface area (Å²) in [6, 6.07) is 12.6. The van der Waals surface area contributed by atoms with Gasteiger partial charge in [0.25, 0.3) is 5.91 Å². The van der Waals surface area contributed by atoms with Gasteiger partial charge in [-0.05, 0) is 48.5 Å². The van der Waals surface area contributed by atoms with E-state index in [2.05, 4.69) is 15.5 Å². The summed E-state index contributed by atoms with van der Waals surface area (Å²) < 4.78 is 18.5. The monoisotopic (exact) mass is 429 g/mol. The zero-order valence-corrected chi connectivity index (χ0v) is 16.5. The Bertz CT molecular complexity index is 1230. The fraction of sp³-hybridized carbons (Fsp3) is 0.0500. The van der Waals surface area contributed by atoms with Crippen LogP contribution in [0.4, 0.5) is 10.1 Å². The molecule has 2 N–H and O–H groups in total. The predicted octanol–water partition coefficient (Wildman–Crippen LogP) is 5.12. The number of aromatic amines is 1. The molecule has 0 saturated heterocycles. The molecule has 0 unspecified atom stereocenters. The number of ether oxygens (including phenoxy) is 1. The number of H-pyrrole nitrogens is 1. The molecule has 0 fully saturated rings. The van der Waals surface area contributed by atoms with E-state index in [1.165, 1.54) is 30.6 Å². The normalized spacial score (nSPS) is 10.9. The van der Waals surface area contributed by atoms with Crippen LogP contribution in [0.15, 0.2) is 48.5 Å². The number of methoxy groups -OCH3 is 1. The zero-order chi connectivity index (χ0) is 20.5. The van der Waals surface area contributed by atoms with Gasteiger partial charge in [-0.2, -0.15) is 5.10 Å². The zero-order valence-electron chi connectivity index (χ0n) is 15.0. The van der Waals surface area contributed by atoms with E-state index in [9.17, 15) is 14.0 Å². The number of esters is 1. The molecule has 2 heterocycles. The molecule has 4 aromatic rings. The van der Waals surface area contributed by atoms with Crippen molar-refractivity contribution in [3.05, 3.63) is 69.9 Å². The molecule has 6 nitrogen and oxygen atoms in total. The van der Waals surface area contributed by atoms with Crippen molar-refractivity contribution in [2.24, 2.45) is 0 Å². The number of nitrogens with zero attached hydrogens (tertiary/aromatic N) is 1. The Morgan fingerprint density at radius 3 is 2.66 bits per heavy atom. The van der Waals surface area contributed by atoms with Crippen LogP contribution < -0.4 is 5.32 Å². The summed E-state index contributed by atoms with van der Waals surface area (Å²) in [5.41, 5.74) is 2.00. The molecule has 0 bridgehead atoms. The molecule has 2 aromatic heterocycles. The molecular formula is C20H13ClFN3O3S. The average Bonchev–Trinajstić information content (AvgIpc) is 3.33. The number of anilines is 1. The molecule has 4 rings (SSSR count). The van der Waals surface area contributed by atoms with E-state index < -0.39 is 5.97 Å². The Morgan fingerprint density at radius 2 is 1.93 bits per heavy atom. The topological polar surface area (TPSA) is 84.1 Å². The van der Waals surface area contributed by atoms with Crippen LogP contribution in [-0.4, -0.2) is 29.2 Å². The number of aromatic nitrogens is 2. The second-order valence-electron chi connectivity index (χ2n) is 6.08. The largest absolute Gasteiger partial charge is 0.465 e. The standard InChI is InChI=1S/C20H13ClFN3O3S/c1-28-20(27)18-17(21)13-7-6-12(8-16(13)29-18)23-19(26)15-9-14(24-25-15)10-2-4-11(22)5-3-10/h2-9H,1H3,(H,23,26)(H,24,25). The van der Waals surface area contributed by atoms with Gasteiger partial charge in [-0.3, -0.25) is 9.89 Å². The summed E-state index contributed by atoms with van der Waals surface area (Å²) >= 11 is 7.43. The van der Waals surface area contributed by atoms with Gasteiger partial charge in [0.15, 0.2) is 0 Å². The van der Waals surface area contributed by atoms with Gasteiger partial charge in [0.1, 0.15) is 16.4 Å². The molecule has 146 valence electrons.